The summed E-state index contributed by atoms with van der Waals surface area (Å²) in [4.78, 5) is 17.3. The molecule has 110 valence electrons. The molecule has 1 aliphatic carbocycles. The van der Waals surface area contributed by atoms with Crippen LogP contribution >= 0.6 is 0 Å². The first-order valence-corrected chi connectivity index (χ1v) is 6.97. The van der Waals surface area contributed by atoms with Crippen LogP contribution in [0.4, 0.5) is 17.8 Å². The lowest BCUT2D eigenvalue weighted by molar-refractivity contribution is 0.0250. The van der Waals surface area contributed by atoms with Gasteiger partial charge >= 0.3 is 0 Å². The quantitative estimate of drug-likeness (QED) is 0.589. The Morgan fingerprint density at radius 3 is 2.90 bits per heavy atom. The molecule has 0 bridgehead atoms. The summed E-state index contributed by atoms with van der Waals surface area (Å²) in [6.07, 6.45) is 3.74. The van der Waals surface area contributed by atoms with Gasteiger partial charge in [0.15, 0.2) is 0 Å². The Kier molecular flexibility index (Phi) is 3.58. The number of nitrogens with two attached hydrogens (primary N) is 1. The first kappa shape index (κ1) is 13.3. The van der Waals surface area contributed by atoms with Crippen molar-refractivity contribution in [1.82, 2.24) is 15.0 Å². The predicted octanol–water partition coefficient (Wildman–Crippen LogP) is -0.0191. The van der Waals surface area contributed by atoms with Crippen LogP contribution in [0.3, 0.4) is 0 Å². The summed E-state index contributed by atoms with van der Waals surface area (Å²) in [5, 5.41) is 0. The minimum atomic E-state index is 0.303. The van der Waals surface area contributed by atoms with Crippen LogP contribution in [-0.4, -0.2) is 54.3 Å². The molecule has 1 aromatic rings. The maximum atomic E-state index is 5.82. The third-order valence-corrected chi connectivity index (χ3v) is 3.88. The van der Waals surface area contributed by atoms with E-state index >= 15 is 0 Å². The van der Waals surface area contributed by atoms with Crippen molar-refractivity contribution in [1.29, 1.82) is 0 Å². The number of hydrazine groups is 1. The van der Waals surface area contributed by atoms with Gasteiger partial charge in [-0.15, -0.1) is 0 Å². The van der Waals surface area contributed by atoms with Gasteiger partial charge in [0.25, 0.3) is 0 Å². The highest BCUT2D eigenvalue weighted by molar-refractivity contribution is 5.45. The number of fused-ring (bicyclic) bond motifs is 1. The van der Waals surface area contributed by atoms with Gasteiger partial charge < -0.3 is 14.5 Å². The van der Waals surface area contributed by atoms with E-state index in [0.717, 1.165) is 26.0 Å². The molecule has 1 saturated heterocycles. The lowest BCUT2D eigenvalue weighted by atomic mass is 10.1. The summed E-state index contributed by atoms with van der Waals surface area (Å²) < 4.78 is 5.82. The number of hydrogen-bond acceptors (Lipinski definition) is 8. The van der Waals surface area contributed by atoms with Crippen LogP contribution in [0.2, 0.25) is 0 Å². The van der Waals surface area contributed by atoms with Crippen molar-refractivity contribution in [3.05, 3.63) is 0 Å². The Bertz CT molecular complexity index is 481. The van der Waals surface area contributed by atoms with E-state index in [1.54, 1.807) is 0 Å². The number of morpholine rings is 1. The second-order valence-corrected chi connectivity index (χ2v) is 5.40. The highest BCUT2D eigenvalue weighted by Crippen LogP contribution is 2.32. The van der Waals surface area contributed by atoms with E-state index in [9.17, 15) is 0 Å². The average Bonchev–Trinajstić information content (AvgIpc) is 2.94. The molecule has 3 N–H and O–H groups in total. The van der Waals surface area contributed by atoms with Gasteiger partial charge in [0.05, 0.1) is 18.8 Å². The van der Waals surface area contributed by atoms with Gasteiger partial charge in [-0.2, -0.15) is 15.0 Å². The van der Waals surface area contributed by atoms with E-state index in [1.807, 2.05) is 19.0 Å². The van der Waals surface area contributed by atoms with Gasteiger partial charge in [-0.3, -0.25) is 5.43 Å². The highest BCUT2D eigenvalue weighted by atomic mass is 16.5. The van der Waals surface area contributed by atoms with Crippen LogP contribution < -0.4 is 21.1 Å². The summed E-state index contributed by atoms with van der Waals surface area (Å²) in [5.74, 6) is 7.13. The Hall–Kier alpha value is -1.67. The maximum absolute atomic E-state index is 5.82. The molecule has 0 spiro atoms. The lowest BCUT2D eigenvalue weighted by Gasteiger charge is -2.37. The van der Waals surface area contributed by atoms with Crippen molar-refractivity contribution in [3.63, 3.8) is 0 Å². The second kappa shape index (κ2) is 5.37. The third-order valence-electron chi connectivity index (χ3n) is 3.88. The topological polar surface area (TPSA) is 92.4 Å². The summed E-state index contributed by atoms with van der Waals surface area (Å²) in [7, 11) is 3.80. The van der Waals surface area contributed by atoms with Crippen LogP contribution in [-0.2, 0) is 4.74 Å². The smallest absolute Gasteiger partial charge is 0.243 e. The maximum Gasteiger partial charge on any atom is 0.243 e. The van der Waals surface area contributed by atoms with Crippen molar-refractivity contribution < 1.29 is 4.74 Å². The molecule has 2 heterocycles. The third kappa shape index (κ3) is 2.36. The van der Waals surface area contributed by atoms with Gasteiger partial charge in [-0.25, -0.2) is 5.84 Å². The Morgan fingerprint density at radius 1 is 1.30 bits per heavy atom. The van der Waals surface area contributed by atoms with E-state index in [1.165, 1.54) is 6.42 Å². The summed E-state index contributed by atoms with van der Waals surface area (Å²) in [6, 6.07) is 0.367. The number of nitrogen functional groups attached to an aromatic ring is 1. The molecule has 2 unspecified atom stereocenters. The van der Waals surface area contributed by atoms with Crippen LogP contribution in [0, 0.1) is 0 Å². The van der Waals surface area contributed by atoms with E-state index in [2.05, 4.69) is 25.3 Å². The fraction of sp³-hybridized carbons (Fsp3) is 0.750. The van der Waals surface area contributed by atoms with Gasteiger partial charge in [-0.1, -0.05) is 0 Å². The summed E-state index contributed by atoms with van der Waals surface area (Å²) >= 11 is 0. The summed E-state index contributed by atoms with van der Waals surface area (Å²) in [6.45, 7) is 1.53. The molecule has 0 aromatic carbocycles. The predicted molar refractivity (Wildman–Crippen MR) is 76.7 cm³/mol. The fourth-order valence-corrected chi connectivity index (χ4v) is 2.92. The van der Waals surface area contributed by atoms with E-state index in [0.29, 0.717) is 30.0 Å². The van der Waals surface area contributed by atoms with E-state index in [4.69, 9.17) is 10.6 Å². The molecular formula is C12H21N7O. The summed E-state index contributed by atoms with van der Waals surface area (Å²) in [5.41, 5.74) is 2.51. The number of anilines is 3. The normalized spacial score (nSPS) is 25.4. The Balaban J connectivity index is 1.93. The molecule has 2 aliphatic rings. The number of nitrogens with zero attached hydrogens (tertiary/aromatic N) is 5. The van der Waals surface area contributed by atoms with Crippen molar-refractivity contribution in [2.24, 2.45) is 5.84 Å². The molecule has 1 saturated carbocycles. The van der Waals surface area contributed by atoms with Crippen LogP contribution in [0.25, 0.3) is 0 Å². The molecule has 8 heteroatoms. The molecule has 8 nitrogen and oxygen atoms in total. The van der Waals surface area contributed by atoms with E-state index in [-0.39, 0.29) is 0 Å². The largest absolute Gasteiger partial charge is 0.374 e. The standard InChI is InChI=1S/C12H21N7O/c1-18(2)11-14-10(17-13)15-12(16-11)19-6-7-20-9-5-3-4-8(9)19/h8-9H,3-7,13H2,1-2H3,(H,14,15,16,17). The lowest BCUT2D eigenvalue weighted by Crippen LogP contribution is -2.49. The number of hydrogen-bond donors (Lipinski definition) is 2. The zero-order valence-electron chi connectivity index (χ0n) is 11.9. The molecule has 1 aliphatic heterocycles. The number of rotatable bonds is 3. The first-order chi connectivity index (χ1) is 9.69. The van der Waals surface area contributed by atoms with E-state index < -0.39 is 0 Å². The van der Waals surface area contributed by atoms with Crippen LogP contribution in [0.15, 0.2) is 0 Å². The van der Waals surface area contributed by atoms with Crippen molar-refractivity contribution in [2.75, 3.05) is 42.5 Å². The average molecular weight is 279 g/mol. The molecule has 2 fully saturated rings. The zero-order valence-corrected chi connectivity index (χ0v) is 11.9. The van der Waals surface area contributed by atoms with Crippen LogP contribution in [0.1, 0.15) is 19.3 Å². The number of aromatic nitrogens is 3. The van der Waals surface area contributed by atoms with Crippen LogP contribution in [0.5, 0.6) is 0 Å². The molecule has 3 rings (SSSR count). The number of nitrogens with one attached hydrogen (secondary N) is 1. The molecule has 2 atom stereocenters. The number of ether oxygens (including phenoxy) is 1. The van der Waals surface area contributed by atoms with Crippen molar-refractivity contribution >= 4 is 17.8 Å². The molecule has 0 radical (unpaired) electrons. The van der Waals surface area contributed by atoms with Crippen molar-refractivity contribution in [2.45, 2.75) is 31.4 Å². The van der Waals surface area contributed by atoms with Gasteiger partial charge in [0.1, 0.15) is 0 Å². The van der Waals surface area contributed by atoms with Crippen molar-refractivity contribution in [3.8, 4) is 0 Å². The first-order valence-electron chi connectivity index (χ1n) is 6.97. The molecule has 20 heavy (non-hydrogen) atoms. The molecule has 0 amide bonds. The van der Waals surface area contributed by atoms with Gasteiger partial charge in [-0.05, 0) is 19.3 Å². The van der Waals surface area contributed by atoms with Gasteiger partial charge in [0, 0.05) is 20.6 Å². The van der Waals surface area contributed by atoms with Gasteiger partial charge in [0.2, 0.25) is 17.8 Å². The minimum Gasteiger partial charge on any atom is -0.374 e. The Labute approximate surface area is 118 Å². The molecular weight excluding hydrogens is 258 g/mol. The SMILES string of the molecule is CN(C)c1nc(NN)nc(N2CCOC3CCCC32)n1. The second-order valence-electron chi connectivity index (χ2n) is 5.40. The fourth-order valence-electron chi connectivity index (χ4n) is 2.92. The highest BCUT2D eigenvalue weighted by Gasteiger charge is 2.37. The zero-order chi connectivity index (χ0) is 14.1. The minimum absolute atomic E-state index is 0.303. The molecule has 1 aromatic heterocycles. The monoisotopic (exact) mass is 279 g/mol. The Morgan fingerprint density at radius 2 is 2.15 bits per heavy atom.